The SMILES string of the molecule is CCC(=O)N(OC(C)=O)C1CCc2ccccc2C1. The third-order valence-corrected chi connectivity index (χ3v) is 3.43. The summed E-state index contributed by atoms with van der Waals surface area (Å²) in [5.41, 5.74) is 2.56. The molecule has 0 fully saturated rings. The molecule has 1 aliphatic carbocycles. The molecule has 0 radical (unpaired) electrons. The molecule has 102 valence electrons. The lowest BCUT2D eigenvalue weighted by atomic mass is 9.88. The number of aryl methyl sites for hydroxylation is 1. The number of amides is 1. The highest BCUT2D eigenvalue weighted by atomic mass is 16.7. The Morgan fingerprint density at radius 3 is 2.63 bits per heavy atom. The standard InChI is InChI=1S/C15H19NO3/c1-3-15(18)16(19-11(2)17)14-9-8-12-6-4-5-7-13(12)10-14/h4-7,14H,3,8-10H2,1-2H3. The van der Waals surface area contributed by atoms with Gasteiger partial charge in [-0.15, -0.1) is 0 Å². The molecule has 0 aromatic heterocycles. The lowest BCUT2D eigenvalue weighted by Crippen LogP contribution is -2.44. The van der Waals surface area contributed by atoms with Crippen molar-refractivity contribution in [1.29, 1.82) is 0 Å². The smallest absolute Gasteiger partial charge is 0.329 e. The Hall–Kier alpha value is -1.84. The molecule has 0 saturated heterocycles. The monoisotopic (exact) mass is 261 g/mol. The van der Waals surface area contributed by atoms with Crippen molar-refractivity contribution in [1.82, 2.24) is 5.06 Å². The van der Waals surface area contributed by atoms with E-state index in [1.807, 2.05) is 12.1 Å². The van der Waals surface area contributed by atoms with Gasteiger partial charge < -0.3 is 4.84 Å². The van der Waals surface area contributed by atoms with Crippen LogP contribution in [-0.4, -0.2) is 23.0 Å². The van der Waals surface area contributed by atoms with E-state index >= 15 is 0 Å². The van der Waals surface area contributed by atoms with E-state index < -0.39 is 5.97 Å². The highest BCUT2D eigenvalue weighted by molar-refractivity contribution is 5.77. The van der Waals surface area contributed by atoms with Crippen LogP contribution in [0.1, 0.15) is 37.8 Å². The topological polar surface area (TPSA) is 46.6 Å². The van der Waals surface area contributed by atoms with Gasteiger partial charge in [0.1, 0.15) is 0 Å². The van der Waals surface area contributed by atoms with E-state index in [9.17, 15) is 9.59 Å². The fraction of sp³-hybridized carbons (Fsp3) is 0.467. The van der Waals surface area contributed by atoms with Gasteiger partial charge in [0, 0.05) is 13.3 Å². The van der Waals surface area contributed by atoms with E-state index in [1.165, 1.54) is 23.1 Å². The third-order valence-electron chi connectivity index (χ3n) is 3.43. The van der Waals surface area contributed by atoms with Gasteiger partial charge in [-0.1, -0.05) is 31.2 Å². The predicted molar refractivity (Wildman–Crippen MR) is 71.2 cm³/mol. The van der Waals surface area contributed by atoms with Crippen LogP contribution in [0.3, 0.4) is 0 Å². The van der Waals surface area contributed by atoms with E-state index in [1.54, 1.807) is 6.92 Å². The summed E-state index contributed by atoms with van der Waals surface area (Å²) in [4.78, 5) is 28.2. The van der Waals surface area contributed by atoms with Crippen molar-refractivity contribution < 1.29 is 14.4 Å². The van der Waals surface area contributed by atoms with Crippen LogP contribution in [0.4, 0.5) is 0 Å². The number of rotatable bonds is 2. The van der Waals surface area contributed by atoms with Crippen molar-refractivity contribution in [3.63, 3.8) is 0 Å². The van der Waals surface area contributed by atoms with Gasteiger partial charge in [0.15, 0.2) is 0 Å². The lowest BCUT2D eigenvalue weighted by Gasteiger charge is -2.32. The van der Waals surface area contributed by atoms with Crippen molar-refractivity contribution in [2.24, 2.45) is 0 Å². The first-order valence-corrected chi connectivity index (χ1v) is 6.69. The Morgan fingerprint density at radius 1 is 1.32 bits per heavy atom. The molecule has 1 aromatic carbocycles. The Kier molecular flexibility index (Phi) is 4.20. The van der Waals surface area contributed by atoms with Crippen LogP contribution in [0.15, 0.2) is 24.3 Å². The van der Waals surface area contributed by atoms with Crippen LogP contribution >= 0.6 is 0 Å². The van der Waals surface area contributed by atoms with E-state index in [4.69, 9.17) is 4.84 Å². The quantitative estimate of drug-likeness (QED) is 0.767. The third kappa shape index (κ3) is 3.13. The molecule has 1 aliphatic rings. The van der Waals surface area contributed by atoms with Crippen LogP contribution in [0.2, 0.25) is 0 Å². The largest absolute Gasteiger partial charge is 0.338 e. The van der Waals surface area contributed by atoms with Crippen LogP contribution in [0.25, 0.3) is 0 Å². The average Bonchev–Trinajstić information content (AvgIpc) is 2.43. The zero-order valence-corrected chi connectivity index (χ0v) is 11.4. The molecule has 0 bridgehead atoms. The minimum absolute atomic E-state index is 0.0498. The van der Waals surface area contributed by atoms with Gasteiger partial charge in [0.2, 0.25) is 0 Å². The second kappa shape index (κ2) is 5.87. The number of nitrogens with zero attached hydrogens (tertiary/aromatic N) is 1. The minimum atomic E-state index is -0.444. The second-order valence-corrected chi connectivity index (χ2v) is 4.82. The van der Waals surface area contributed by atoms with Crippen molar-refractivity contribution in [3.8, 4) is 0 Å². The van der Waals surface area contributed by atoms with Crippen LogP contribution in [-0.2, 0) is 27.3 Å². The molecule has 2 rings (SSSR count). The predicted octanol–water partition coefficient (Wildman–Crippen LogP) is 2.26. The van der Waals surface area contributed by atoms with Crippen LogP contribution in [0, 0.1) is 0 Å². The molecular formula is C15H19NO3. The molecule has 1 atom stereocenters. The molecule has 0 spiro atoms. The normalized spacial score (nSPS) is 17.5. The van der Waals surface area contributed by atoms with E-state index in [0.717, 1.165) is 19.3 Å². The highest BCUT2D eigenvalue weighted by Crippen LogP contribution is 2.25. The first-order valence-electron chi connectivity index (χ1n) is 6.69. The molecular weight excluding hydrogens is 242 g/mol. The molecule has 1 unspecified atom stereocenters. The van der Waals surface area contributed by atoms with Gasteiger partial charge in [-0.05, 0) is 30.4 Å². The van der Waals surface area contributed by atoms with Crippen LogP contribution in [0.5, 0.6) is 0 Å². The summed E-state index contributed by atoms with van der Waals surface area (Å²) in [6.07, 6.45) is 2.83. The van der Waals surface area contributed by atoms with Crippen molar-refractivity contribution in [2.45, 2.75) is 45.6 Å². The zero-order valence-electron chi connectivity index (χ0n) is 11.4. The Balaban J connectivity index is 2.16. The van der Waals surface area contributed by atoms with Gasteiger partial charge in [-0.2, -0.15) is 5.06 Å². The maximum atomic E-state index is 11.9. The van der Waals surface area contributed by atoms with Crippen LogP contribution < -0.4 is 0 Å². The second-order valence-electron chi connectivity index (χ2n) is 4.82. The Labute approximate surface area is 113 Å². The number of hydrogen-bond donors (Lipinski definition) is 0. The summed E-state index contributed by atoms with van der Waals surface area (Å²) >= 11 is 0. The molecule has 0 aliphatic heterocycles. The maximum absolute atomic E-state index is 11.9. The number of carbonyl (C=O) groups is 2. The van der Waals surface area contributed by atoms with E-state index in [2.05, 4.69) is 12.1 Å². The molecule has 0 N–H and O–H groups in total. The molecule has 4 nitrogen and oxygen atoms in total. The van der Waals surface area contributed by atoms with Gasteiger partial charge >= 0.3 is 5.97 Å². The maximum Gasteiger partial charge on any atom is 0.329 e. The number of hydrogen-bond acceptors (Lipinski definition) is 3. The van der Waals surface area contributed by atoms with Gasteiger partial charge in [-0.25, -0.2) is 0 Å². The summed E-state index contributed by atoms with van der Waals surface area (Å²) in [7, 11) is 0. The van der Waals surface area contributed by atoms with Gasteiger partial charge in [-0.3, -0.25) is 9.59 Å². The number of benzene rings is 1. The van der Waals surface area contributed by atoms with Crippen molar-refractivity contribution in [3.05, 3.63) is 35.4 Å². The summed E-state index contributed by atoms with van der Waals surface area (Å²) in [6, 6.07) is 8.16. The number of hydroxylamine groups is 2. The van der Waals surface area contributed by atoms with Gasteiger partial charge in [0.05, 0.1) is 6.04 Å². The molecule has 0 heterocycles. The average molecular weight is 261 g/mol. The van der Waals surface area contributed by atoms with Gasteiger partial charge in [0.25, 0.3) is 5.91 Å². The first kappa shape index (κ1) is 13.6. The fourth-order valence-corrected chi connectivity index (χ4v) is 2.50. The molecule has 4 heteroatoms. The minimum Gasteiger partial charge on any atom is -0.338 e. The fourth-order valence-electron chi connectivity index (χ4n) is 2.50. The highest BCUT2D eigenvalue weighted by Gasteiger charge is 2.29. The molecule has 1 amide bonds. The molecule has 1 aromatic rings. The van der Waals surface area contributed by atoms with Crippen molar-refractivity contribution >= 4 is 11.9 Å². The molecule has 19 heavy (non-hydrogen) atoms. The van der Waals surface area contributed by atoms with E-state index in [-0.39, 0.29) is 11.9 Å². The van der Waals surface area contributed by atoms with E-state index in [0.29, 0.717) is 6.42 Å². The summed E-state index contributed by atoms with van der Waals surface area (Å²) in [6.45, 7) is 3.10. The zero-order chi connectivity index (χ0) is 13.8. The molecule has 0 saturated carbocycles. The number of carbonyl (C=O) groups excluding carboxylic acids is 2. The lowest BCUT2D eigenvalue weighted by molar-refractivity contribution is -0.206. The summed E-state index contributed by atoms with van der Waals surface area (Å²) in [5, 5.41) is 1.28. The number of fused-ring (bicyclic) bond motifs is 1. The van der Waals surface area contributed by atoms with Crippen molar-refractivity contribution in [2.75, 3.05) is 0 Å². The Bertz CT molecular complexity index is 484. The first-order chi connectivity index (χ1) is 9.11. The summed E-state index contributed by atoms with van der Waals surface area (Å²) in [5.74, 6) is -0.583. The Morgan fingerprint density at radius 2 is 2.00 bits per heavy atom. The summed E-state index contributed by atoms with van der Waals surface area (Å²) < 4.78 is 0.